The maximum Gasteiger partial charge on any atom is 0.0411 e. The molecule has 1 aromatic carbocycles. The second-order valence-corrected chi connectivity index (χ2v) is 4.11. The molecule has 0 aliphatic heterocycles. The third-order valence-corrected chi connectivity index (χ3v) is 3.76. The van der Waals surface area contributed by atoms with Crippen molar-refractivity contribution in [2.24, 2.45) is 0 Å². The molecular formula is C9H5Br2N. The number of benzene rings is 1. The highest BCUT2D eigenvalue weighted by Gasteiger charge is 2.01. The van der Waals surface area contributed by atoms with Gasteiger partial charge in [-0.2, -0.15) is 0 Å². The molecule has 0 unspecified atom stereocenters. The molecule has 0 aliphatic rings. The fourth-order valence-corrected chi connectivity index (χ4v) is 1.91. The number of aromatic nitrogens is 1. The SMILES string of the molecule is Brc1ccc2ccncc2c1Br. The van der Waals surface area contributed by atoms with Crippen LogP contribution in [0.2, 0.25) is 0 Å². The fourth-order valence-electron chi connectivity index (χ4n) is 1.10. The lowest BCUT2D eigenvalue weighted by Gasteiger charge is -2.00. The average molecular weight is 287 g/mol. The molecule has 2 rings (SSSR count). The molecule has 12 heavy (non-hydrogen) atoms. The highest BCUT2D eigenvalue weighted by Crippen LogP contribution is 2.30. The lowest BCUT2D eigenvalue weighted by molar-refractivity contribution is 1.36. The molecule has 0 fully saturated rings. The standard InChI is InChI=1S/C9H5Br2N/c10-8-2-1-6-3-4-12-5-7(6)9(8)11/h1-5H. The summed E-state index contributed by atoms with van der Waals surface area (Å²) in [6.45, 7) is 0. The number of hydrogen-bond acceptors (Lipinski definition) is 1. The molecule has 0 atom stereocenters. The van der Waals surface area contributed by atoms with Crippen LogP contribution in [0.25, 0.3) is 10.8 Å². The van der Waals surface area contributed by atoms with Crippen molar-refractivity contribution in [3.05, 3.63) is 39.5 Å². The Morgan fingerprint density at radius 3 is 2.75 bits per heavy atom. The highest BCUT2D eigenvalue weighted by molar-refractivity contribution is 9.13. The quantitative estimate of drug-likeness (QED) is 0.719. The van der Waals surface area contributed by atoms with Gasteiger partial charge in [0.2, 0.25) is 0 Å². The van der Waals surface area contributed by atoms with Gasteiger partial charge in [0.25, 0.3) is 0 Å². The van der Waals surface area contributed by atoms with E-state index in [1.807, 2.05) is 18.3 Å². The summed E-state index contributed by atoms with van der Waals surface area (Å²) in [6, 6.07) is 6.07. The minimum Gasteiger partial charge on any atom is -0.264 e. The normalized spacial score (nSPS) is 10.5. The minimum atomic E-state index is 1.06. The van der Waals surface area contributed by atoms with E-state index in [1.54, 1.807) is 6.20 Å². The van der Waals surface area contributed by atoms with Crippen LogP contribution in [0.5, 0.6) is 0 Å². The highest BCUT2D eigenvalue weighted by atomic mass is 79.9. The Hall–Kier alpha value is -0.410. The first-order valence-electron chi connectivity index (χ1n) is 3.47. The van der Waals surface area contributed by atoms with Crippen LogP contribution in [0.15, 0.2) is 39.5 Å². The summed E-state index contributed by atoms with van der Waals surface area (Å²) in [7, 11) is 0. The smallest absolute Gasteiger partial charge is 0.0411 e. The Balaban J connectivity index is 2.91. The van der Waals surface area contributed by atoms with Crippen LogP contribution in [0.1, 0.15) is 0 Å². The first-order valence-corrected chi connectivity index (χ1v) is 5.05. The van der Waals surface area contributed by atoms with Crippen LogP contribution in [0, 0.1) is 0 Å². The van der Waals surface area contributed by atoms with Gasteiger partial charge in [0.15, 0.2) is 0 Å². The molecule has 1 nitrogen and oxygen atoms in total. The molecular weight excluding hydrogens is 282 g/mol. The van der Waals surface area contributed by atoms with Crippen molar-refractivity contribution < 1.29 is 0 Å². The van der Waals surface area contributed by atoms with Crippen molar-refractivity contribution in [2.45, 2.75) is 0 Å². The van der Waals surface area contributed by atoms with E-state index in [1.165, 1.54) is 5.39 Å². The maximum atomic E-state index is 4.06. The van der Waals surface area contributed by atoms with Gasteiger partial charge in [-0.1, -0.05) is 6.07 Å². The van der Waals surface area contributed by atoms with E-state index in [2.05, 4.69) is 42.9 Å². The van der Waals surface area contributed by atoms with Crippen LogP contribution in [0.4, 0.5) is 0 Å². The Morgan fingerprint density at radius 1 is 1.08 bits per heavy atom. The van der Waals surface area contributed by atoms with E-state index < -0.39 is 0 Å². The third-order valence-electron chi connectivity index (χ3n) is 1.71. The summed E-state index contributed by atoms with van der Waals surface area (Å²) in [5.74, 6) is 0. The Bertz CT molecular complexity index is 426. The molecule has 0 amide bonds. The number of fused-ring (bicyclic) bond motifs is 1. The van der Waals surface area contributed by atoms with Gasteiger partial charge in [0, 0.05) is 26.7 Å². The Morgan fingerprint density at radius 2 is 1.92 bits per heavy atom. The van der Waals surface area contributed by atoms with Crippen molar-refractivity contribution in [2.75, 3.05) is 0 Å². The molecule has 1 aromatic heterocycles. The molecule has 1 heterocycles. The largest absolute Gasteiger partial charge is 0.264 e. The fraction of sp³-hybridized carbons (Fsp3) is 0. The lowest BCUT2D eigenvalue weighted by atomic mass is 10.2. The summed E-state index contributed by atoms with van der Waals surface area (Å²) in [5, 5.41) is 2.33. The summed E-state index contributed by atoms with van der Waals surface area (Å²) >= 11 is 6.94. The molecule has 0 saturated carbocycles. The van der Waals surface area contributed by atoms with Crippen molar-refractivity contribution in [3.63, 3.8) is 0 Å². The minimum absolute atomic E-state index is 1.06. The Kier molecular flexibility index (Phi) is 2.15. The van der Waals surface area contributed by atoms with Gasteiger partial charge in [-0.15, -0.1) is 0 Å². The number of rotatable bonds is 0. The lowest BCUT2D eigenvalue weighted by Crippen LogP contribution is -1.77. The molecule has 0 aliphatic carbocycles. The van der Waals surface area contributed by atoms with Gasteiger partial charge in [0.1, 0.15) is 0 Å². The predicted molar refractivity (Wildman–Crippen MR) is 57.1 cm³/mol. The Labute approximate surface area is 87.1 Å². The zero-order valence-electron chi connectivity index (χ0n) is 6.09. The summed E-state index contributed by atoms with van der Waals surface area (Å²) in [6.07, 6.45) is 3.65. The molecule has 3 heteroatoms. The van der Waals surface area contributed by atoms with E-state index in [9.17, 15) is 0 Å². The van der Waals surface area contributed by atoms with Gasteiger partial charge in [0.05, 0.1) is 0 Å². The zero-order chi connectivity index (χ0) is 8.55. The molecule has 60 valence electrons. The first kappa shape index (κ1) is 8.20. The molecule has 2 aromatic rings. The van der Waals surface area contributed by atoms with E-state index in [0.717, 1.165) is 14.3 Å². The topological polar surface area (TPSA) is 12.9 Å². The van der Waals surface area contributed by atoms with E-state index in [-0.39, 0.29) is 0 Å². The van der Waals surface area contributed by atoms with Gasteiger partial charge in [-0.3, -0.25) is 4.98 Å². The van der Waals surface area contributed by atoms with Gasteiger partial charge in [-0.25, -0.2) is 0 Å². The molecule has 0 N–H and O–H groups in total. The van der Waals surface area contributed by atoms with Crippen LogP contribution < -0.4 is 0 Å². The second-order valence-electron chi connectivity index (χ2n) is 2.46. The molecule has 0 bridgehead atoms. The summed E-state index contributed by atoms with van der Waals surface area (Å²) in [5.41, 5.74) is 0. The van der Waals surface area contributed by atoms with Gasteiger partial charge >= 0.3 is 0 Å². The van der Waals surface area contributed by atoms with Crippen LogP contribution >= 0.6 is 31.9 Å². The number of hydrogen-bond donors (Lipinski definition) is 0. The van der Waals surface area contributed by atoms with Gasteiger partial charge < -0.3 is 0 Å². The van der Waals surface area contributed by atoms with E-state index >= 15 is 0 Å². The van der Waals surface area contributed by atoms with Crippen molar-refractivity contribution in [1.29, 1.82) is 0 Å². The average Bonchev–Trinajstić information content (AvgIpc) is 2.12. The van der Waals surface area contributed by atoms with Gasteiger partial charge in [-0.05, 0) is 49.4 Å². The molecule has 0 spiro atoms. The van der Waals surface area contributed by atoms with Crippen LogP contribution in [0.3, 0.4) is 0 Å². The number of nitrogens with zero attached hydrogens (tertiary/aromatic N) is 1. The van der Waals surface area contributed by atoms with Crippen molar-refractivity contribution in [3.8, 4) is 0 Å². The third kappa shape index (κ3) is 1.27. The molecule has 0 radical (unpaired) electrons. The first-order chi connectivity index (χ1) is 5.79. The monoisotopic (exact) mass is 285 g/mol. The summed E-state index contributed by atoms with van der Waals surface area (Å²) in [4.78, 5) is 4.06. The molecule has 0 saturated heterocycles. The zero-order valence-corrected chi connectivity index (χ0v) is 9.26. The second kappa shape index (κ2) is 3.15. The number of halogens is 2. The van der Waals surface area contributed by atoms with E-state index in [4.69, 9.17) is 0 Å². The maximum absolute atomic E-state index is 4.06. The van der Waals surface area contributed by atoms with E-state index in [0.29, 0.717) is 0 Å². The number of pyridine rings is 1. The van der Waals surface area contributed by atoms with Crippen LogP contribution in [-0.2, 0) is 0 Å². The van der Waals surface area contributed by atoms with Crippen molar-refractivity contribution in [1.82, 2.24) is 4.98 Å². The summed E-state index contributed by atoms with van der Waals surface area (Å²) < 4.78 is 2.12. The van der Waals surface area contributed by atoms with Crippen molar-refractivity contribution >= 4 is 42.6 Å². The predicted octanol–water partition coefficient (Wildman–Crippen LogP) is 3.76. The van der Waals surface area contributed by atoms with Crippen LogP contribution in [-0.4, -0.2) is 4.98 Å².